The molecule has 0 saturated carbocycles. The van der Waals surface area contributed by atoms with Crippen molar-refractivity contribution in [2.75, 3.05) is 5.75 Å². The highest BCUT2D eigenvalue weighted by Crippen LogP contribution is 2.30. The van der Waals surface area contributed by atoms with E-state index in [-0.39, 0.29) is 12.2 Å². The first-order chi connectivity index (χ1) is 10.4. The van der Waals surface area contributed by atoms with Crippen LogP contribution in [0.1, 0.15) is 5.56 Å². The van der Waals surface area contributed by atoms with Crippen LogP contribution < -0.4 is 11.5 Å². The third-order valence-corrected chi connectivity index (χ3v) is 4.40. The second-order valence-electron chi connectivity index (χ2n) is 4.88. The fourth-order valence-electron chi connectivity index (χ4n) is 2.05. The van der Waals surface area contributed by atoms with Gasteiger partial charge >= 0.3 is 11.9 Å². The van der Waals surface area contributed by atoms with Crippen molar-refractivity contribution in [3.63, 3.8) is 0 Å². The number of nitrogens with two attached hydrogens (primary N) is 2. The Labute approximate surface area is 130 Å². The average molecular weight is 323 g/mol. The Morgan fingerprint density at radius 2 is 1.77 bits per heavy atom. The SMILES string of the molecule is NC(CSc1[nH]c2ccccc2c1C[C@H](N)C(=O)O)C(=O)O. The van der Waals surface area contributed by atoms with E-state index in [4.69, 9.17) is 21.7 Å². The Hall–Kier alpha value is -2.03. The predicted octanol–water partition coefficient (Wildman–Crippen LogP) is 0.626. The fraction of sp³-hybridized carbons (Fsp3) is 0.286. The largest absolute Gasteiger partial charge is 0.480 e. The second-order valence-corrected chi connectivity index (χ2v) is 5.91. The molecule has 1 unspecified atom stereocenters. The standard InChI is InChI=1S/C14H17N3O4S/c15-9(13(18)19)5-8-7-3-1-2-4-11(7)17-12(8)22-6-10(16)14(20)21/h1-4,9-10,17H,5-6,15-16H2,(H,18,19)(H,20,21)/t9-,10?/m0/s1. The smallest absolute Gasteiger partial charge is 0.321 e. The highest BCUT2D eigenvalue weighted by molar-refractivity contribution is 7.99. The number of aromatic amines is 1. The summed E-state index contributed by atoms with van der Waals surface area (Å²) in [5.41, 5.74) is 12.8. The molecule has 0 saturated heterocycles. The first kappa shape index (κ1) is 16.3. The first-order valence-electron chi connectivity index (χ1n) is 6.59. The molecule has 7 nitrogen and oxygen atoms in total. The third kappa shape index (κ3) is 3.59. The Bertz CT molecular complexity index is 700. The van der Waals surface area contributed by atoms with Gasteiger partial charge in [-0.15, -0.1) is 11.8 Å². The lowest BCUT2D eigenvalue weighted by atomic mass is 10.1. The van der Waals surface area contributed by atoms with Gasteiger partial charge in [0.05, 0.1) is 5.03 Å². The van der Waals surface area contributed by atoms with E-state index in [1.807, 2.05) is 24.3 Å². The van der Waals surface area contributed by atoms with Crippen LogP contribution in [0.15, 0.2) is 29.3 Å². The molecule has 0 radical (unpaired) electrons. The van der Waals surface area contributed by atoms with E-state index >= 15 is 0 Å². The lowest BCUT2D eigenvalue weighted by Crippen LogP contribution is -2.33. The maximum absolute atomic E-state index is 11.0. The molecule has 1 aromatic heterocycles. The molecule has 0 spiro atoms. The summed E-state index contributed by atoms with van der Waals surface area (Å²) in [4.78, 5) is 25.0. The predicted molar refractivity (Wildman–Crippen MR) is 83.9 cm³/mol. The Balaban J connectivity index is 2.31. The topological polar surface area (TPSA) is 142 Å². The molecule has 22 heavy (non-hydrogen) atoms. The number of hydrogen-bond acceptors (Lipinski definition) is 5. The van der Waals surface area contributed by atoms with Crippen molar-refractivity contribution in [2.45, 2.75) is 23.5 Å². The number of para-hydroxylation sites is 1. The van der Waals surface area contributed by atoms with E-state index in [1.165, 1.54) is 11.8 Å². The minimum Gasteiger partial charge on any atom is -0.480 e. The van der Waals surface area contributed by atoms with Crippen molar-refractivity contribution >= 4 is 34.6 Å². The first-order valence-corrected chi connectivity index (χ1v) is 7.58. The molecule has 1 aromatic carbocycles. The number of carbonyl (C=O) groups is 2. The van der Waals surface area contributed by atoms with Crippen LogP contribution in [-0.2, 0) is 16.0 Å². The normalized spacial score (nSPS) is 13.9. The lowest BCUT2D eigenvalue weighted by Gasteiger charge is -2.09. The summed E-state index contributed by atoms with van der Waals surface area (Å²) in [6.45, 7) is 0. The number of fused-ring (bicyclic) bond motifs is 1. The molecule has 2 aromatic rings. The lowest BCUT2D eigenvalue weighted by molar-refractivity contribution is -0.139. The Morgan fingerprint density at radius 3 is 2.41 bits per heavy atom. The van der Waals surface area contributed by atoms with E-state index < -0.39 is 24.0 Å². The Kier molecular flexibility index (Phi) is 5.07. The van der Waals surface area contributed by atoms with E-state index in [0.717, 1.165) is 16.5 Å². The summed E-state index contributed by atoms with van der Waals surface area (Å²) >= 11 is 1.25. The number of carboxylic acids is 2. The minimum absolute atomic E-state index is 0.157. The van der Waals surface area contributed by atoms with E-state index in [9.17, 15) is 9.59 Å². The van der Waals surface area contributed by atoms with Crippen molar-refractivity contribution in [1.82, 2.24) is 4.98 Å². The highest BCUT2D eigenvalue weighted by atomic mass is 32.2. The summed E-state index contributed by atoms with van der Waals surface area (Å²) < 4.78 is 0. The maximum atomic E-state index is 11.0. The quantitative estimate of drug-likeness (QED) is 0.470. The fourth-order valence-corrected chi connectivity index (χ4v) is 3.09. The monoisotopic (exact) mass is 323 g/mol. The van der Waals surface area contributed by atoms with Crippen molar-refractivity contribution in [3.05, 3.63) is 29.8 Å². The van der Waals surface area contributed by atoms with Gasteiger partial charge in [0.15, 0.2) is 0 Å². The van der Waals surface area contributed by atoms with Crippen molar-refractivity contribution < 1.29 is 19.8 Å². The van der Waals surface area contributed by atoms with Gasteiger partial charge in [0.25, 0.3) is 0 Å². The molecule has 7 N–H and O–H groups in total. The van der Waals surface area contributed by atoms with Gasteiger partial charge in [-0.3, -0.25) is 9.59 Å². The zero-order valence-electron chi connectivity index (χ0n) is 11.7. The number of hydrogen-bond donors (Lipinski definition) is 5. The van der Waals surface area contributed by atoms with Crippen molar-refractivity contribution in [3.8, 4) is 0 Å². The van der Waals surface area contributed by atoms with E-state index in [0.29, 0.717) is 5.03 Å². The molecule has 0 aliphatic rings. The van der Waals surface area contributed by atoms with Crippen LogP contribution >= 0.6 is 11.8 Å². The highest BCUT2D eigenvalue weighted by Gasteiger charge is 2.20. The van der Waals surface area contributed by atoms with E-state index in [2.05, 4.69) is 4.98 Å². The summed E-state index contributed by atoms with van der Waals surface area (Å²) in [5, 5.41) is 19.4. The third-order valence-electron chi connectivity index (χ3n) is 3.24. The molecule has 0 aliphatic carbocycles. The Morgan fingerprint density at radius 1 is 1.14 bits per heavy atom. The van der Waals surface area contributed by atoms with Crippen LogP contribution in [0.2, 0.25) is 0 Å². The molecule has 0 amide bonds. The summed E-state index contributed by atoms with van der Waals surface area (Å²) in [5.74, 6) is -1.98. The molecule has 8 heteroatoms. The van der Waals surface area contributed by atoms with Gasteiger partial charge in [0, 0.05) is 23.1 Å². The molecule has 0 fully saturated rings. The molecule has 0 aliphatic heterocycles. The number of aliphatic carboxylic acids is 2. The summed E-state index contributed by atoms with van der Waals surface area (Å²) in [6.07, 6.45) is 0.157. The number of nitrogens with one attached hydrogen (secondary N) is 1. The van der Waals surface area contributed by atoms with Gasteiger partial charge in [-0.2, -0.15) is 0 Å². The van der Waals surface area contributed by atoms with Gasteiger partial charge in [0.1, 0.15) is 12.1 Å². The van der Waals surface area contributed by atoms with Crippen LogP contribution in [0.25, 0.3) is 10.9 Å². The van der Waals surface area contributed by atoms with Crippen molar-refractivity contribution in [2.24, 2.45) is 11.5 Å². The molecule has 2 rings (SSSR count). The molecular formula is C14H17N3O4S. The zero-order chi connectivity index (χ0) is 16.3. The number of aromatic nitrogens is 1. The van der Waals surface area contributed by atoms with Crippen LogP contribution in [0, 0.1) is 0 Å². The molecule has 118 valence electrons. The molecule has 2 atom stereocenters. The van der Waals surface area contributed by atoms with Crippen LogP contribution in [0.4, 0.5) is 0 Å². The average Bonchev–Trinajstić information content (AvgIpc) is 2.82. The zero-order valence-corrected chi connectivity index (χ0v) is 12.5. The second kappa shape index (κ2) is 6.82. The number of carboxylic acid groups (broad SMARTS) is 2. The van der Waals surface area contributed by atoms with Gasteiger partial charge in [0.2, 0.25) is 0 Å². The van der Waals surface area contributed by atoms with Crippen LogP contribution in [0.3, 0.4) is 0 Å². The van der Waals surface area contributed by atoms with E-state index in [1.54, 1.807) is 0 Å². The summed E-state index contributed by atoms with van der Waals surface area (Å²) in [7, 11) is 0. The van der Waals surface area contributed by atoms with Gasteiger partial charge in [-0.25, -0.2) is 0 Å². The number of thioether (sulfide) groups is 1. The van der Waals surface area contributed by atoms with Crippen LogP contribution in [-0.4, -0.2) is 45.0 Å². The number of rotatable bonds is 7. The maximum Gasteiger partial charge on any atom is 0.321 e. The minimum atomic E-state index is -1.08. The van der Waals surface area contributed by atoms with Crippen LogP contribution in [0.5, 0.6) is 0 Å². The molecule has 1 heterocycles. The number of H-pyrrole nitrogens is 1. The molecular weight excluding hydrogens is 306 g/mol. The van der Waals surface area contributed by atoms with Crippen molar-refractivity contribution in [1.29, 1.82) is 0 Å². The number of benzene rings is 1. The molecule has 0 bridgehead atoms. The van der Waals surface area contributed by atoms with Gasteiger partial charge in [-0.05, 0) is 11.6 Å². The summed E-state index contributed by atoms with van der Waals surface area (Å²) in [6, 6.07) is 5.44. The van der Waals surface area contributed by atoms with Gasteiger partial charge in [-0.1, -0.05) is 18.2 Å². The van der Waals surface area contributed by atoms with Gasteiger partial charge < -0.3 is 26.7 Å².